The molecule has 2 rings (SSSR count). The number of hydrogen-bond acceptors (Lipinski definition) is 6. The maximum absolute atomic E-state index is 12.3. The number of thiophene rings is 1. The summed E-state index contributed by atoms with van der Waals surface area (Å²) in [5.74, 6) is 0.567. The molecule has 0 atom stereocenters. The molecule has 0 saturated carbocycles. The van der Waals surface area contributed by atoms with E-state index in [-0.39, 0.29) is 12.2 Å². The van der Waals surface area contributed by atoms with Gasteiger partial charge in [-0.05, 0) is 24.6 Å². The number of urea groups is 1. The fourth-order valence-electron chi connectivity index (χ4n) is 2.18. The molecular formula is C16H18N2O5S. The van der Waals surface area contributed by atoms with E-state index in [1.165, 1.54) is 18.4 Å². The Hall–Kier alpha value is -2.74. The minimum Gasteiger partial charge on any atom is -0.493 e. The van der Waals surface area contributed by atoms with Crippen LogP contribution in [0.2, 0.25) is 0 Å². The van der Waals surface area contributed by atoms with Gasteiger partial charge in [-0.25, -0.2) is 9.59 Å². The van der Waals surface area contributed by atoms with Crippen molar-refractivity contribution in [1.82, 2.24) is 0 Å². The maximum Gasteiger partial charge on any atom is 0.341 e. The van der Waals surface area contributed by atoms with Gasteiger partial charge in [0.05, 0.1) is 20.8 Å². The zero-order chi connectivity index (χ0) is 17.7. The number of ether oxygens (including phenoxy) is 3. The van der Waals surface area contributed by atoms with E-state index in [0.29, 0.717) is 22.1 Å². The Morgan fingerprint density at radius 3 is 2.50 bits per heavy atom. The van der Waals surface area contributed by atoms with Crippen LogP contribution in [0, 0.1) is 0 Å². The summed E-state index contributed by atoms with van der Waals surface area (Å²) in [6.45, 7) is 1.93. The molecule has 128 valence electrons. The third kappa shape index (κ3) is 3.60. The Labute approximate surface area is 143 Å². The fourth-order valence-corrected chi connectivity index (χ4v) is 3.14. The number of nitrogens with one attached hydrogen (secondary N) is 1. The number of anilines is 1. The third-order valence-electron chi connectivity index (χ3n) is 3.20. The van der Waals surface area contributed by atoms with Crippen molar-refractivity contribution in [3.8, 4) is 22.6 Å². The van der Waals surface area contributed by atoms with Gasteiger partial charge >= 0.3 is 12.0 Å². The van der Waals surface area contributed by atoms with Crippen LogP contribution < -0.4 is 20.5 Å². The Balaban J connectivity index is 2.55. The molecule has 0 aliphatic carbocycles. The number of benzene rings is 1. The summed E-state index contributed by atoms with van der Waals surface area (Å²) in [4.78, 5) is 23.5. The van der Waals surface area contributed by atoms with E-state index < -0.39 is 12.0 Å². The van der Waals surface area contributed by atoms with E-state index >= 15 is 0 Å². The lowest BCUT2D eigenvalue weighted by atomic mass is 10.0. The van der Waals surface area contributed by atoms with Gasteiger partial charge in [-0.15, -0.1) is 11.3 Å². The normalized spacial score (nSPS) is 10.1. The highest BCUT2D eigenvalue weighted by molar-refractivity contribution is 7.15. The Bertz CT molecular complexity index is 757. The first-order valence-corrected chi connectivity index (χ1v) is 7.97. The number of nitrogens with two attached hydrogens (primary N) is 1. The number of hydrogen-bond donors (Lipinski definition) is 2. The molecule has 1 aromatic carbocycles. The quantitative estimate of drug-likeness (QED) is 0.780. The van der Waals surface area contributed by atoms with Gasteiger partial charge in [0.25, 0.3) is 0 Å². The Morgan fingerprint density at radius 2 is 1.92 bits per heavy atom. The third-order valence-corrected chi connectivity index (χ3v) is 4.10. The van der Waals surface area contributed by atoms with Crippen LogP contribution in [-0.4, -0.2) is 32.8 Å². The molecule has 1 aromatic heterocycles. The van der Waals surface area contributed by atoms with Gasteiger partial charge in [-0.1, -0.05) is 6.07 Å². The minimum absolute atomic E-state index is 0.218. The van der Waals surface area contributed by atoms with Crippen molar-refractivity contribution in [3.05, 3.63) is 29.1 Å². The second kappa shape index (κ2) is 7.69. The lowest BCUT2D eigenvalue weighted by Gasteiger charge is -2.11. The van der Waals surface area contributed by atoms with Gasteiger partial charge in [0.2, 0.25) is 0 Å². The summed E-state index contributed by atoms with van der Waals surface area (Å²) in [5, 5.41) is 4.54. The Kier molecular flexibility index (Phi) is 5.64. The van der Waals surface area contributed by atoms with Crippen molar-refractivity contribution in [1.29, 1.82) is 0 Å². The summed E-state index contributed by atoms with van der Waals surface area (Å²) in [6.07, 6.45) is 0. The van der Waals surface area contributed by atoms with Crippen molar-refractivity contribution in [2.45, 2.75) is 6.92 Å². The van der Waals surface area contributed by atoms with Crippen LogP contribution in [0.4, 0.5) is 9.80 Å². The maximum atomic E-state index is 12.3. The van der Waals surface area contributed by atoms with Gasteiger partial charge in [-0.2, -0.15) is 0 Å². The number of carbonyl (C=O) groups is 2. The second-order valence-electron chi connectivity index (χ2n) is 4.63. The first-order valence-electron chi connectivity index (χ1n) is 7.09. The van der Waals surface area contributed by atoms with E-state index in [4.69, 9.17) is 19.9 Å². The van der Waals surface area contributed by atoms with Gasteiger partial charge in [0.1, 0.15) is 10.6 Å². The standard InChI is InChI=1S/C16H18N2O5S/c1-4-23-15(19)13-10(8-24-14(13)18-16(17)20)9-5-6-11(21-2)12(7-9)22-3/h5-8H,4H2,1-3H3,(H3,17,18,20). The largest absolute Gasteiger partial charge is 0.493 e. The van der Waals surface area contributed by atoms with Gasteiger partial charge in [0.15, 0.2) is 11.5 Å². The van der Waals surface area contributed by atoms with Gasteiger partial charge in [0, 0.05) is 10.9 Å². The van der Waals surface area contributed by atoms with Gasteiger partial charge in [-0.3, -0.25) is 5.32 Å². The Morgan fingerprint density at radius 1 is 1.21 bits per heavy atom. The van der Waals surface area contributed by atoms with E-state index in [9.17, 15) is 9.59 Å². The number of esters is 1. The summed E-state index contributed by atoms with van der Waals surface area (Å²) >= 11 is 1.19. The average Bonchev–Trinajstić information content (AvgIpc) is 2.97. The lowest BCUT2D eigenvalue weighted by molar-refractivity contribution is 0.0529. The second-order valence-corrected chi connectivity index (χ2v) is 5.51. The topological polar surface area (TPSA) is 99.9 Å². The summed E-state index contributed by atoms with van der Waals surface area (Å²) in [7, 11) is 3.07. The van der Waals surface area contributed by atoms with Crippen LogP contribution in [0.15, 0.2) is 23.6 Å². The molecule has 0 radical (unpaired) electrons. The van der Waals surface area contributed by atoms with E-state index in [0.717, 1.165) is 5.56 Å². The molecule has 2 amide bonds. The molecule has 24 heavy (non-hydrogen) atoms. The van der Waals surface area contributed by atoms with E-state index in [1.807, 2.05) is 0 Å². The molecule has 3 N–H and O–H groups in total. The van der Waals surface area contributed by atoms with E-state index in [2.05, 4.69) is 5.32 Å². The lowest BCUT2D eigenvalue weighted by Crippen LogP contribution is -2.20. The van der Waals surface area contributed by atoms with Crippen molar-refractivity contribution in [3.63, 3.8) is 0 Å². The van der Waals surface area contributed by atoms with E-state index in [1.54, 1.807) is 37.6 Å². The summed E-state index contributed by atoms with van der Waals surface area (Å²) in [5.41, 5.74) is 6.76. The van der Waals surface area contributed by atoms with Crippen LogP contribution in [0.3, 0.4) is 0 Å². The summed E-state index contributed by atoms with van der Waals surface area (Å²) in [6, 6.07) is 4.53. The number of primary amides is 1. The molecule has 0 unspecified atom stereocenters. The molecule has 1 heterocycles. The van der Waals surface area contributed by atoms with Crippen molar-refractivity contribution in [2.75, 3.05) is 26.1 Å². The molecule has 0 spiro atoms. The average molecular weight is 350 g/mol. The van der Waals surface area contributed by atoms with Crippen LogP contribution in [0.5, 0.6) is 11.5 Å². The highest BCUT2D eigenvalue weighted by Crippen LogP contribution is 2.39. The van der Waals surface area contributed by atoms with Gasteiger partial charge < -0.3 is 19.9 Å². The predicted molar refractivity (Wildman–Crippen MR) is 92.0 cm³/mol. The smallest absolute Gasteiger partial charge is 0.341 e. The number of rotatable bonds is 6. The highest BCUT2D eigenvalue weighted by Gasteiger charge is 2.23. The molecule has 0 aliphatic rings. The first kappa shape index (κ1) is 17.6. The summed E-state index contributed by atoms with van der Waals surface area (Å²) < 4.78 is 15.6. The fraction of sp³-hybridized carbons (Fsp3) is 0.250. The predicted octanol–water partition coefficient (Wildman–Crippen LogP) is 3.10. The zero-order valence-electron chi connectivity index (χ0n) is 13.5. The molecule has 2 aromatic rings. The molecule has 0 fully saturated rings. The van der Waals surface area contributed by atoms with Crippen LogP contribution >= 0.6 is 11.3 Å². The first-order chi connectivity index (χ1) is 11.5. The SMILES string of the molecule is CCOC(=O)c1c(-c2ccc(OC)c(OC)c2)csc1NC(N)=O. The molecular weight excluding hydrogens is 332 g/mol. The van der Waals surface area contributed by atoms with Crippen molar-refractivity contribution in [2.24, 2.45) is 5.73 Å². The number of methoxy groups -OCH3 is 2. The number of amides is 2. The molecule has 0 saturated heterocycles. The molecule has 0 aliphatic heterocycles. The highest BCUT2D eigenvalue weighted by atomic mass is 32.1. The zero-order valence-corrected chi connectivity index (χ0v) is 14.4. The van der Waals surface area contributed by atoms with Crippen LogP contribution in [0.1, 0.15) is 17.3 Å². The van der Waals surface area contributed by atoms with Crippen molar-refractivity contribution < 1.29 is 23.8 Å². The van der Waals surface area contributed by atoms with Crippen molar-refractivity contribution >= 4 is 28.3 Å². The monoisotopic (exact) mass is 350 g/mol. The molecule has 8 heteroatoms. The number of carbonyl (C=O) groups excluding carboxylic acids is 2. The van der Waals surface area contributed by atoms with Crippen LogP contribution in [-0.2, 0) is 4.74 Å². The molecule has 0 bridgehead atoms. The molecule has 7 nitrogen and oxygen atoms in total. The minimum atomic E-state index is -0.749. The van der Waals surface area contributed by atoms with Crippen LogP contribution in [0.25, 0.3) is 11.1 Å².